The number of benzene rings is 1. The summed E-state index contributed by atoms with van der Waals surface area (Å²) < 4.78 is 25.9. The second-order valence-corrected chi connectivity index (χ2v) is 8.36. The van der Waals surface area contributed by atoms with Gasteiger partial charge in [0.1, 0.15) is 0 Å². The van der Waals surface area contributed by atoms with Crippen molar-refractivity contribution in [1.29, 1.82) is 5.41 Å². The van der Waals surface area contributed by atoms with Crippen LogP contribution in [0.2, 0.25) is 0 Å². The lowest BCUT2D eigenvalue weighted by atomic mass is 9.98. The van der Waals surface area contributed by atoms with Crippen molar-refractivity contribution < 1.29 is 13.6 Å². The van der Waals surface area contributed by atoms with Gasteiger partial charge in [0, 0.05) is 48.9 Å². The van der Waals surface area contributed by atoms with E-state index in [1.807, 2.05) is 30.6 Å². The predicted octanol–water partition coefficient (Wildman–Crippen LogP) is 3.33. The summed E-state index contributed by atoms with van der Waals surface area (Å²) in [5, 5.41) is 17.0. The monoisotopic (exact) mass is 439 g/mol. The van der Waals surface area contributed by atoms with Crippen molar-refractivity contribution in [2.45, 2.75) is 31.4 Å². The fourth-order valence-corrected chi connectivity index (χ4v) is 3.63. The molecule has 4 N–H and O–H groups in total. The Hall–Kier alpha value is -3.26. The van der Waals surface area contributed by atoms with Crippen molar-refractivity contribution >= 4 is 17.8 Å². The quantitative estimate of drug-likeness (QED) is 0.352. The van der Waals surface area contributed by atoms with Crippen LogP contribution in [-0.4, -0.2) is 48.6 Å². The van der Waals surface area contributed by atoms with E-state index in [0.29, 0.717) is 24.8 Å². The van der Waals surface area contributed by atoms with Gasteiger partial charge in [-0.25, -0.2) is 8.78 Å². The van der Waals surface area contributed by atoms with E-state index in [0.717, 1.165) is 35.1 Å². The number of nitrogens with one attached hydrogen (secondary N) is 4. The third kappa shape index (κ3) is 5.91. The number of likely N-dealkylation sites (tertiary alicyclic amines) is 1. The Morgan fingerprint density at radius 2 is 2.00 bits per heavy atom. The van der Waals surface area contributed by atoms with Gasteiger partial charge in [0.15, 0.2) is 0 Å². The van der Waals surface area contributed by atoms with Crippen LogP contribution in [0.1, 0.15) is 18.4 Å². The Morgan fingerprint density at radius 1 is 1.25 bits per heavy atom. The maximum atomic E-state index is 12.9. The van der Waals surface area contributed by atoms with Crippen molar-refractivity contribution in [2.75, 3.05) is 25.0 Å². The molecule has 3 aliphatic rings. The first-order valence-electron chi connectivity index (χ1n) is 10.7. The summed E-state index contributed by atoms with van der Waals surface area (Å²) in [5.41, 5.74) is 4.15. The molecule has 1 aromatic carbocycles. The molecule has 1 saturated carbocycles. The van der Waals surface area contributed by atoms with Crippen LogP contribution in [0, 0.1) is 5.41 Å². The molecular formula is C24H27F2N5O. The molecule has 6 nitrogen and oxygen atoms in total. The molecule has 0 spiro atoms. The molecule has 0 bridgehead atoms. The minimum Gasteiger partial charge on any atom is -0.388 e. The SMILES string of the molecule is N=C/C(=C\NC1CC1)C1=C(/C=C/C(=O)Nc2ccc(CN3CC(F)(F)C3)cc2)CNC=C1. The van der Waals surface area contributed by atoms with Crippen LogP contribution in [0.5, 0.6) is 0 Å². The van der Waals surface area contributed by atoms with Crippen molar-refractivity contribution in [3.8, 4) is 0 Å². The number of alkyl halides is 2. The molecule has 2 heterocycles. The molecule has 1 amide bonds. The fraction of sp³-hybridized carbons (Fsp3) is 0.333. The summed E-state index contributed by atoms with van der Waals surface area (Å²) in [6, 6.07) is 7.71. The zero-order valence-electron chi connectivity index (χ0n) is 17.7. The molecule has 4 rings (SSSR count). The lowest BCUT2D eigenvalue weighted by Gasteiger charge is -2.38. The summed E-state index contributed by atoms with van der Waals surface area (Å²) >= 11 is 0. The van der Waals surface area contributed by atoms with E-state index in [4.69, 9.17) is 5.41 Å². The van der Waals surface area contributed by atoms with E-state index in [1.165, 1.54) is 12.3 Å². The molecule has 0 aromatic heterocycles. The number of allylic oxidation sites excluding steroid dienone is 3. The van der Waals surface area contributed by atoms with Gasteiger partial charge < -0.3 is 21.4 Å². The second-order valence-electron chi connectivity index (χ2n) is 8.36. The number of anilines is 1. The molecule has 1 aliphatic carbocycles. The Balaban J connectivity index is 1.35. The Morgan fingerprint density at radius 3 is 2.66 bits per heavy atom. The van der Waals surface area contributed by atoms with Gasteiger partial charge in [0.25, 0.3) is 5.92 Å². The van der Waals surface area contributed by atoms with Gasteiger partial charge in [0.05, 0.1) is 13.1 Å². The lowest BCUT2D eigenvalue weighted by Crippen LogP contribution is -2.55. The second kappa shape index (κ2) is 9.48. The van der Waals surface area contributed by atoms with Crippen LogP contribution in [0.3, 0.4) is 0 Å². The first-order chi connectivity index (χ1) is 15.4. The maximum Gasteiger partial charge on any atom is 0.272 e. The highest BCUT2D eigenvalue weighted by Gasteiger charge is 2.43. The number of amides is 1. The van der Waals surface area contributed by atoms with E-state index < -0.39 is 5.92 Å². The van der Waals surface area contributed by atoms with Crippen LogP contribution in [0.25, 0.3) is 0 Å². The Bertz CT molecular complexity index is 982. The summed E-state index contributed by atoms with van der Waals surface area (Å²) in [7, 11) is 0. The molecule has 1 aromatic rings. The number of halogens is 2. The molecule has 2 aliphatic heterocycles. The smallest absolute Gasteiger partial charge is 0.272 e. The van der Waals surface area contributed by atoms with Gasteiger partial charge in [-0.15, -0.1) is 0 Å². The van der Waals surface area contributed by atoms with Crippen LogP contribution in [0.4, 0.5) is 14.5 Å². The summed E-state index contributed by atoms with van der Waals surface area (Å²) in [6.07, 6.45) is 12.5. The number of carbonyl (C=O) groups excluding carboxylic acids is 1. The van der Waals surface area contributed by atoms with Crippen molar-refractivity contribution in [2.24, 2.45) is 0 Å². The van der Waals surface area contributed by atoms with E-state index in [-0.39, 0.29) is 19.0 Å². The molecule has 0 unspecified atom stereocenters. The highest BCUT2D eigenvalue weighted by atomic mass is 19.3. The summed E-state index contributed by atoms with van der Waals surface area (Å²) in [6.45, 7) is 0.626. The fourth-order valence-electron chi connectivity index (χ4n) is 3.63. The number of carbonyl (C=O) groups is 1. The maximum absolute atomic E-state index is 12.9. The number of hydrogen-bond acceptors (Lipinski definition) is 5. The lowest BCUT2D eigenvalue weighted by molar-refractivity contribution is -0.133. The molecule has 1 saturated heterocycles. The summed E-state index contributed by atoms with van der Waals surface area (Å²) in [5.74, 6) is -2.83. The normalized spacial score (nSPS) is 20.6. The van der Waals surface area contributed by atoms with Gasteiger partial charge in [-0.05, 0) is 54.0 Å². The number of rotatable bonds is 9. The van der Waals surface area contributed by atoms with Gasteiger partial charge in [-0.2, -0.15) is 0 Å². The van der Waals surface area contributed by atoms with Crippen LogP contribution < -0.4 is 16.0 Å². The largest absolute Gasteiger partial charge is 0.388 e. The first-order valence-corrected chi connectivity index (χ1v) is 10.7. The first kappa shape index (κ1) is 22.0. The topological polar surface area (TPSA) is 80.2 Å². The summed E-state index contributed by atoms with van der Waals surface area (Å²) in [4.78, 5) is 14.1. The molecule has 2 fully saturated rings. The molecule has 0 atom stereocenters. The molecular weight excluding hydrogens is 412 g/mol. The van der Waals surface area contributed by atoms with Crippen LogP contribution in [0.15, 0.2) is 71.6 Å². The van der Waals surface area contributed by atoms with E-state index >= 15 is 0 Å². The highest BCUT2D eigenvalue weighted by molar-refractivity contribution is 5.99. The zero-order valence-corrected chi connectivity index (χ0v) is 17.7. The average Bonchev–Trinajstić information content (AvgIpc) is 3.58. The van der Waals surface area contributed by atoms with E-state index in [1.54, 1.807) is 23.1 Å². The Kier molecular flexibility index (Phi) is 6.50. The molecule has 168 valence electrons. The van der Waals surface area contributed by atoms with Gasteiger partial charge in [0.2, 0.25) is 5.91 Å². The zero-order chi connectivity index (χ0) is 22.6. The number of dihydropyridines is 1. The van der Waals surface area contributed by atoms with Crippen molar-refractivity contribution in [3.63, 3.8) is 0 Å². The highest BCUT2D eigenvalue weighted by Crippen LogP contribution is 2.28. The average molecular weight is 440 g/mol. The molecule has 32 heavy (non-hydrogen) atoms. The third-order valence-corrected chi connectivity index (χ3v) is 5.50. The number of hydrogen-bond donors (Lipinski definition) is 4. The minimum absolute atomic E-state index is 0.205. The van der Waals surface area contributed by atoms with Crippen LogP contribution in [-0.2, 0) is 11.3 Å². The van der Waals surface area contributed by atoms with E-state index in [2.05, 4.69) is 16.0 Å². The van der Waals surface area contributed by atoms with Crippen molar-refractivity contribution in [1.82, 2.24) is 15.5 Å². The standard InChI is InChI=1S/C24H27F2N5O/c25-24(26)15-31(16-24)14-17-1-4-21(5-2-17)30-23(32)8-3-18-12-28-10-9-22(18)19(11-27)13-29-20-6-7-20/h1-5,8-11,13,20,27-29H,6-7,12,14-16H2,(H,30,32)/b8-3+,19-13+,27-11?. The number of nitrogens with zero attached hydrogens (tertiary/aromatic N) is 1. The third-order valence-electron chi connectivity index (χ3n) is 5.50. The minimum atomic E-state index is -2.57. The predicted molar refractivity (Wildman–Crippen MR) is 122 cm³/mol. The van der Waals surface area contributed by atoms with E-state index in [9.17, 15) is 13.6 Å². The van der Waals surface area contributed by atoms with Crippen LogP contribution >= 0.6 is 0 Å². The molecule has 8 heteroatoms. The molecule has 0 radical (unpaired) electrons. The van der Waals surface area contributed by atoms with Gasteiger partial charge >= 0.3 is 0 Å². The van der Waals surface area contributed by atoms with Crippen molar-refractivity contribution in [3.05, 3.63) is 77.2 Å². The Labute approximate surface area is 186 Å². The van der Waals surface area contributed by atoms with Gasteiger partial charge in [-0.3, -0.25) is 9.69 Å². The van der Waals surface area contributed by atoms with Gasteiger partial charge in [-0.1, -0.05) is 18.2 Å².